The maximum absolute atomic E-state index is 10.4. The Labute approximate surface area is 64.0 Å². The summed E-state index contributed by atoms with van der Waals surface area (Å²) in [6.07, 6.45) is 0. The summed E-state index contributed by atoms with van der Waals surface area (Å²) < 4.78 is 5.15. The molecule has 0 radical (unpaired) electrons. The fourth-order valence-corrected chi connectivity index (χ4v) is 0.835. The summed E-state index contributed by atoms with van der Waals surface area (Å²) in [7, 11) is 1.36. The maximum atomic E-state index is 10.4. The van der Waals surface area contributed by atoms with Crippen LogP contribution in [0.5, 0.6) is 0 Å². The first-order valence-electron chi connectivity index (χ1n) is 2.37. The van der Waals surface area contributed by atoms with Crippen LogP contribution in [0.2, 0.25) is 0 Å². The van der Waals surface area contributed by atoms with Crippen LogP contribution in [0, 0.1) is 0 Å². The summed E-state index contributed by atoms with van der Waals surface area (Å²) in [5.41, 5.74) is 0. The first-order chi connectivity index (χ1) is 4.16. The molecule has 2 nitrogen and oxygen atoms in total. The lowest BCUT2D eigenvalue weighted by Gasteiger charge is -1.95. The number of hydrogen-bond acceptors (Lipinski definition) is 4. The molecule has 0 aliphatic rings. The predicted octanol–water partition coefficient (Wildman–Crippen LogP) is 1.24. The molecule has 0 aromatic carbocycles. The van der Waals surface area contributed by atoms with Gasteiger partial charge in [0.25, 0.3) is 0 Å². The second-order valence-corrected chi connectivity index (χ2v) is 3.42. The van der Waals surface area contributed by atoms with Gasteiger partial charge in [-0.3, -0.25) is 4.79 Å². The quantitative estimate of drug-likeness (QED) is 0.453. The van der Waals surface area contributed by atoms with Gasteiger partial charge in [0.05, 0.1) is 12.9 Å². The monoisotopic (exact) mass is 164 g/mol. The molecule has 9 heavy (non-hydrogen) atoms. The molecule has 0 spiro atoms. The smallest absolute Gasteiger partial charge is 0.316 e. The van der Waals surface area contributed by atoms with Crippen LogP contribution in [-0.4, -0.2) is 23.0 Å². The van der Waals surface area contributed by atoms with Gasteiger partial charge in [-0.15, -0.1) is 11.8 Å². The van der Waals surface area contributed by atoms with Gasteiger partial charge in [0.15, 0.2) is 0 Å². The third-order valence-electron chi connectivity index (χ3n) is 0.621. The van der Waals surface area contributed by atoms with Crippen molar-refractivity contribution in [1.29, 1.82) is 0 Å². The van der Waals surface area contributed by atoms with E-state index >= 15 is 0 Å². The van der Waals surface area contributed by atoms with Crippen molar-refractivity contribution in [3.63, 3.8) is 0 Å². The van der Waals surface area contributed by atoms with Crippen LogP contribution in [0.25, 0.3) is 0 Å². The fourth-order valence-electron chi connectivity index (χ4n) is 0.219. The van der Waals surface area contributed by atoms with Crippen LogP contribution in [0.15, 0.2) is 0 Å². The van der Waals surface area contributed by atoms with Gasteiger partial charge in [-0.25, -0.2) is 0 Å². The number of hydrogen-bond donors (Lipinski definition) is 0. The van der Waals surface area contributed by atoms with Gasteiger partial charge in [-0.2, -0.15) is 0 Å². The largest absolute Gasteiger partial charge is 0.468 e. The summed E-state index contributed by atoms with van der Waals surface area (Å²) in [6, 6.07) is 0. The van der Waals surface area contributed by atoms with Crippen molar-refractivity contribution in [1.82, 2.24) is 0 Å². The zero-order valence-electron chi connectivity index (χ0n) is 5.34. The summed E-state index contributed by atoms with van der Waals surface area (Å²) >= 11 is 6.04. The molecule has 0 N–H and O–H groups in total. The molecule has 0 aliphatic heterocycles. The van der Waals surface area contributed by atoms with E-state index in [-0.39, 0.29) is 5.97 Å². The molecule has 0 atom stereocenters. The van der Waals surface area contributed by atoms with Crippen molar-refractivity contribution in [3.8, 4) is 0 Å². The van der Waals surface area contributed by atoms with Crippen molar-refractivity contribution < 1.29 is 9.53 Å². The number of carbonyl (C=O) groups is 1. The van der Waals surface area contributed by atoms with E-state index in [0.29, 0.717) is 5.75 Å². The van der Waals surface area contributed by atoms with Crippen LogP contribution in [-0.2, 0) is 9.53 Å². The first-order valence-corrected chi connectivity index (χ1v) is 3.76. The minimum absolute atomic E-state index is 0.232. The summed E-state index contributed by atoms with van der Waals surface area (Å²) in [4.78, 5) is 10.4. The second-order valence-electron chi connectivity index (χ2n) is 1.36. The van der Waals surface area contributed by atoms with Gasteiger partial charge in [0.1, 0.15) is 0 Å². The average molecular weight is 164 g/mol. The SMILES string of the molecule is COC(=O)CSC(C)=S. The standard InChI is InChI=1S/C5H8O2S2/c1-4(8)9-3-5(6)7-2/h3H2,1-2H3. The first kappa shape index (κ1) is 8.91. The van der Waals surface area contributed by atoms with E-state index < -0.39 is 0 Å². The molecule has 0 bridgehead atoms. The molecular weight excluding hydrogens is 156 g/mol. The predicted molar refractivity (Wildman–Crippen MR) is 42.7 cm³/mol. The molecule has 0 unspecified atom stereocenters. The summed E-state index contributed by atoms with van der Waals surface area (Å²) in [5.74, 6) is 0.0930. The topological polar surface area (TPSA) is 26.3 Å². The van der Waals surface area contributed by atoms with Crippen LogP contribution in [0.3, 0.4) is 0 Å². The Hall–Kier alpha value is -0.0900. The number of thioether (sulfide) groups is 1. The lowest BCUT2D eigenvalue weighted by atomic mass is 10.8. The minimum Gasteiger partial charge on any atom is -0.468 e. The number of thiocarbonyl (C=S) groups is 1. The molecule has 0 heterocycles. The van der Waals surface area contributed by atoms with Gasteiger partial charge in [-0.05, 0) is 6.92 Å². The summed E-state index contributed by atoms with van der Waals surface area (Å²) in [6.45, 7) is 1.78. The van der Waals surface area contributed by atoms with E-state index in [0.717, 1.165) is 4.20 Å². The van der Waals surface area contributed by atoms with Gasteiger partial charge < -0.3 is 4.74 Å². The highest BCUT2D eigenvalue weighted by molar-refractivity contribution is 8.23. The number of ether oxygens (including phenoxy) is 1. The van der Waals surface area contributed by atoms with Gasteiger partial charge in [0, 0.05) is 4.20 Å². The molecule has 0 amide bonds. The zero-order chi connectivity index (χ0) is 7.28. The average Bonchev–Trinajstić information content (AvgIpc) is 1.83. The van der Waals surface area contributed by atoms with E-state index in [1.807, 2.05) is 0 Å². The summed E-state index contributed by atoms with van der Waals surface area (Å²) in [5, 5.41) is 0. The second kappa shape index (κ2) is 4.76. The van der Waals surface area contributed by atoms with Gasteiger partial charge >= 0.3 is 5.97 Å². The van der Waals surface area contributed by atoms with Crippen LogP contribution in [0.1, 0.15) is 6.92 Å². The zero-order valence-corrected chi connectivity index (χ0v) is 6.97. The van der Waals surface area contributed by atoms with Crippen molar-refractivity contribution in [3.05, 3.63) is 0 Å². The van der Waals surface area contributed by atoms with E-state index in [4.69, 9.17) is 12.2 Å². The highest BCUT2D eigenvalue weighted by Gasteiger charge is 1.99. The Balaban J connectivity index is 3.28. The van der Waals surface area contributed by atoms with Crippen molar-refractivity contribution in [2.24, 2.45) is 0 Å². The van der Waals surface area contributed by atoms with E-state index in [2.05, 4.69) is 4.74 Å². The third kappa shape index (κ3) is 5.79. The molecule has 4 heteroatoms. The fraction of sp³-hybridized carbons (Fsp3) is 0.600. The van der Waals surface area contributed by atoms with Crippen LogP contribution in [0.4, 0.5) is 0 Å². The molecule has 0 fully saturated rings. The number of esters is 1. The Morgan fingerprint density at radius 1 is 1.78 bits per heavy atom. The Kier molecular flexibility index (Phi) is 4.71. The van der Waals surface area contributed by atoms with E-state index in [1.54, 1.807) is 6.92 Å². The molecular formula is C5H8O2S2. The van der Waals surface area contributed by atoms with Crippen molar-refractivity contribution >= 4 is 34.1 Å². The number of methoxy groups -OCH3 is 1. The lowest BCUT2D eigenvalue weighted by Crippen LogP contribution is -2.03. The van der Waals surface area contributed by atoms with Crippen LogP contribution < -0.4 is 0 Å². The highest BCUT2D eigenvalue weighted by atomic mass is 32.2. The Morgan fingerprint density at radius 2 is 2.33 bits per heavy atom. The molecule has 52 valence electrons. The third-order valence-corrected chi connectivity index (χ3v) is 1.76. The normalized spacial score (nSPS) is 8.67. The lowest BCUT2D eigenvalue weighted by molar-refractivity contribution is -0.137. The van der Waals surface area contributed by atoms with Gasteiger partial charge in [-0.1, -0.05) is 12.2 Å². The maximum Gasteiger partial charge on any atom is 0.316 e. The highest BCUT2D eigenvalue weighted by Crippen LogP contribution is 2.02. The Morgan fingerprint density at radius 3 is 2.67 bits per heavy atom. The molecule has 0 aromatic heterocycles. The number of carbonyl (C=O) groups excluding carboxylic acids is 1. The molecule has 0 rings (SSSR count). The van der Waals surface area contributed by atoms with Gasteiger partial charge in [0.2, 0.25) is 0 Å². The van der Waals surface area contributed by atoms with E-state index in [1.165, 1.54) is 18.9 Å². The number of rotatable bonds is 2. The molecule has 0 aliphatic carbocycles. The molecule has 0 saturated heterocycles. The molecule has 0 saturated carbocycles. The minimum atomic E-state index is -0.232. The molecule has 0 aromatic rings. The van der Waals surface area contributed by atoms with Crippen molar-refractivity contribution in [2.45, 2.75) is 6.92 Å². The van der Waals surface area contributed by atoms with Crippen molar-refractivity contribution in [2.75, 3.05) is 12.9 Å². The Bertz CT molecular complexity index is 122. The van der Waals surface area contributed by atoms with Crippen LogP contribution >= 0.6 is 24.0 Å². The van der Waals surface area contributed by atoms with E-state index in [9.17, 15) is 4.79 Å².